The highest BCUT2D eigenvalue weighted by Gasteiger charge is 2.25. The minimum absolute atomic E-state index is 0.0416. The van der Waals surface area contributed by atoms with Gasteiger partial charge in [0.05, 0.1) is 6.61 Å². The summed E-state index contributed by atoms with van der Waals surface area (Å²) in [6.45, 7) is 3.08. The number of rotatable bonds is 8. The van der Waals surface area contributed by atoms with Gasteiger partial charge in [0.25, 0.3) is 0 Å². The minimum atomic E-state index is -0.491. The van der Waals surface area contributed by atoms with Gasteiger partial charge in [-0.3, -0.25) is 4.79 Å². The van der Waals surface area contributed by atoms with Crippen LogP contribution in [0.3, 0.4) is 0 Å². The molecule has 3 rings (SSSR count). The smallest absolute Gasteiger partial charge is 0.247 e. The second-order valence-corrected chi connectivity index (χ2v) is 6.27. The van der Waals surface area contributed by atoms with Crippen LogP contribution in [0.25, 0.3) is 0 Å². The van der Waals surface area contributed by atoms with Gasteiger partial charge in [0.1, 0.15) is 18.1 Å². The van der Waals surface area contributed by atoms with Crippen LogP contribution < -0.4 is 4.74 Å². The number of hydrogen-bond acceptors (Lipinski definition) is 5. The van der Waals surface area contributed by atoms with Crippen LogP contribution in [0.5, 0.6) is 5.75 Å². The lowest BCUT2D eigenvalue weighted by Gasteiger charge is -2.24. The van der Waals surface area contributed by atoms with E-state index in [0.29, 0.717) is 19.6 Å². The highest BCUT2D eigenvalue weighted by molar-refractivity contribution is 5.80. The topological polar surface area (TPSA) is 73.1 Å². The van der Waals surface area contributed by atoms with Gasteiger partial charge in [-0.05, 0) is 40.6 Å². The monoisotopic (exact) mass is 365 g/mol. The van der Waals surface area contributed by atoms with Crippen molar-refractivity contribution in [2.75, 3.05) is 13.7 Å². The third kappa shape index (κ3) is 4.91. The Morgan fingerprint density at radius 3 is 2.48 bits per heavy atom. The Balaban J connectivity index is 1.72. The van der Waals surface area contributed by atoms with E-state index < -0.39 is 6.04 Å². The number of ether oxygens (including phenoxy) is 1. The van der Waals surface area contributed by atoms with Gasteiger partial charge in [-0.1, -0.05) is 42.5 Å². The van der Waals surface area contributed by atoms with Crippen molar-refractivity contribution in [1.29, 1.82) is 0 Å². The molecule has 1 heterocycles. The molecule has 0 aliphatic heterocycles. The van der Waals surface area contributed by atoms with Gasteiger partial charge in [0.15, 0.2) is 0 Å². The Hall–Kier alpha value is -3.22. The lowest BCUT2D eigenvalue weighted by atomic mass is 10.0. The zero-order valence-corrected chi connectivity index (χ0v) is 15.5. The van der Waals surface area contributed by atoms with Crippen LogP contribution in [0.15, 0.2) is 60.9 Å². The van der Waals surface area contributed by atoms with Gasteiger partial charge in [0.2, 0.25) is 5.91 Å². The molecule has 7 nitrogen and oxygen atoms in total. The lowest BCUT2D eigenvalue weighted by molar-refractivity contribution is -0.134. The fourth-order valence-electron chi connectivity index (χ4n) is 2.91. The van der Waals surface area contributed by atoms with E-state index in [1.807, 2.05) is 61.5 Å². The molecule has 0 spiro atoms. The van der Waals surface area contributed by atoms with Gasteiger partial charge in [0, 0.05) is 20.0 Å². The molecule has 0 aliphatic carbocycles. The predicted molar refractivity (Wildman–Crippen MR) is 101 cm³/mol. The van der Waals surface area contributed by atoms with E-state index in [-0.39, 0.29) is 5.91 Å². The van der Waals surface area contributed by atoms with E-state index in [4.69, 9.17) is 4.74 Å². The summed E-state index contributed by atoms with van der Waals surface area (Å²) in [6, 6.07) is 17.1. The molecule has 1 atom stereocenters. The third-order valence-electron chi connectivity index (χ3n) is 4.27. The van der Waals surface area contributed by atoms with Gasteiger partial charge < -0.3 is 9.64 Å². The summed E-state index contributed by atoms with van der Waals surface area (Å²) in [5, 5.41) is 11.3. The van der Waals surface area contributed by atoms with E-state index in [1.165, 1.54) is 11.0 Å². The maximum atomic E-state index is 13.1. The van der Waals surface area contributed by atoms with E-state index in [0.717, 1.165) is 16.9 Å². The Labute approximate surface area is 158 Å². The third-order valence-corrected chi connectivity index (χ3v) is 4.27. The van der Waals surface area contributed by atoms with Crippen molar-refractivity contribution in [3.05, 3.63) is 72.1 Å². The van der Waals surface area contributed by atoms with Crippen LogP contribution in [-0.2, 0) is 17.8 Å². The van der Waals surface area contributed by atoms with Crippen molar-refractivity contribution in [1.82, 2.24) is 25.1 Å². The highest BCUT2D eigenvalue weighted by Crippen LogP contribution is 2.18. The fourth-order valence-corrected chi connectivity index (χ4v) is 2.91. The molecule has 7 heteroatoms. The normalized spacial score (nSPS) is 11.8. The summed E-state index contributed by atoms with van der Waals surface area (Å²) in [5.41, 5.74) is 2.09. The van der Waals surface area contributed by atoms with Crippen LogP contribution in [0.4, 0.5) is 0 Å². The number of hydrogen-bond donors (Lipinski definition) is 0. The van der Waals surface area contributed by atoms with Crippen LogP contribution in [0, 0.1) is 0 Å². The molecule has 0 saturated carbocycles. The molecule has 0 saturated heterocycles. The SMILES string of the molecule is CCOc1ccc(CN(C)C(=O)C(Cc2ccccc2)n2cnnn2)cc1. The van der Waals surface area contributed by atoms with Crippen molar-refractivity contribution in [3.8, 4) is 5.75 Å². The van der Waals surface area contributed by atoms with Crippen molar-refractivity contribution >= 4 is 5.91 Å². The first-order chi connectivity index (χ1) is 13.2. The standard InChI is InChI=1S/C20H23N5O2/c1-3-27-18-11-9-17(10-12-18)14-24(2)20(26)19(25-15-21-22-23-25)13-16-7-5-4-6-8-16/h4-12,15,19H,3,13-14H2,1-2H3. The Morgan fingerprint density at radius 2 is 1.85 bits per heavy atom. The Morgan fingerprint density at radius 1 is 1.11 bits per heavy atom. The summed E-state index contributed by atoms with van der Waals surface area (Å²) in [4.78, 5) is 14.8. The molecule has 0 fully saturated rings. The molecule has 0 bridgehead atoms. The summed E-state index contributed by atoms with van der Waals surface area (Å²) in [6.07, 6.45) is 2.01. The Bertz CT molecular complexity index is 835. The lowest BCUT2D eigenvalue weighted by Crippen LogP contribution is -2.35. The molecule has 1 amide bonds. The van der Waals surface area contributed by atoms with Crippen LogP contribution in [0.1, 0.15) is 24.1 Å². The van der Waals surface area contributed by atoms with Crippen molar-refractivity contribution in [3.63, 3.8) is 0 Å². The molecule has 27 heavy (non-hydrogen) atoms. The van der Waals surface area contributed by atoms with E-state index in [9.17, 15) is 4.79 Å². The number of carbonyl (C=O) groups is 1. The van der Waals surface area contributed by atoms with Crippen LogP contribution >= 0.6 is 0 Å². The average molecular weight is 365 g/mol. The fraction of sp³-hybridized carbons (Fsp3) is 0.300. The number of likely N-dealkylation sites (N-methyl/N-ethyl adjacent to an activating group) is 1. The van der Waals surface area contributed by atoms with Crippen molar-refractivity contribution in [2.24, 2.45) is 0 Å². The van der Waals surface area contributed by atoms with E-state index in [1.54, 1.807) is 11.9 Å². The number of carbonyl (C=O) groups excluding carboxylic acids is 1. The van der Waals surface area contributed by atoms with Gasteiger partial charge >= 0.3 is 0 Å². The molecule has 1 aromatic heterocycles. The summed E-state index contributed by atoms with van der Waals surface area (Å²) < 4.78 is 6.98. The number of nitrogens with zero attached hydrogens (tertiary/aromatic N) is 5. The van der Waals surface area contributed by atoms with Gasteiger partial charge in [-0.25, -0.2) is 4.68 Å². The Kier molecular flexibility index (Phi) is 6.14. The second-order valence-electron chi connectivity index (χ2n) is 6.27. The summed E-state index contributed by atoms with van der Waals surface area (Å²) in [5.74, 6) is 0.783. The average Bonchev–Trinajstić information content (AvgIpc) is 3.22. The highest BCUT2D eigenvalue weighted by atomic mass is 16.5. The maximum Gasteiger partial charge on any atom is 0.247 e. The number of aromatic nitrogens is 4. The molecular formula is C20H23N5O2. The van der Waals surface area contributed by atoms with Crippen molar-refractivity contribution in [2.45, 2.75) is 25.9 Å². The second kappa shape index (κ2) is 8.93. The van der Waals surface area contributed by atoms with E-state index >= 15 is 0 Å². The molecule has 0 radical (unpaired) electrons. The first kappa shape index (κ1) is 18.6. The molecule has 1 unspecified atom stereocenters. The van der Waals surface area contributed by atoms with E-state index in [2.05, 4.69) is 15.5 Å². The number of amides is 1. The summed E-state index contributed by atoms with van der Waals surface area (Å²) in [7, 11) is 1.79. The number of tetrazole rings is 1. The molecule has 3 aromatic rings. The van der Waals surface area contributed by atoms with Crippen molar-refractivity contribution < 1.29 is 9.53 Å². The maximum absolute atomic E-state index is 13.1. The molecule has 140 valence electrons. The first-order valence-corrected chi connectivity index (χ1v) is 8.90. The zero-order valence-electron chi connectivity index (χ0n) is 15.5. The molecule has 0 aliphatic rings. The predicted octanol–water partition coefficient (Wildman–Crippen LogP) is 2.51. The van der Waals surface area contributed by atoms with Crippen LogP contribution in [-0.4, -0.2) is 44.7 Å². The van der Waals surface area contributed by atoms with Crippen LogP contribution in [0.2, 0.25) is 0 Å². The summed E-state index contributed by atoms with van der Waals surface area (Å²) >= 11 is 0. The first-order valence-electron chi connectivity index (χ1n) is 8.90. The quantitative estimate of drug-likeness (QED) is 0.613. The number of benzene rings is 2. The van der Waals surface area contributed by atoms with Gasteiger partial charge in [-0.2, -0.15) is 0 Å². The van der Waals surface area contributed by atoms with Gasteiger partial charge in [-0.15, -0.1) is 5.10 Å². The molecular weight excluding hydrogens is 342 g/mol. The minimum Gasteiger partial charge on any atom is -0.494 e. The largest absolute Gasteiger partial charge is 0.494 e. The zero-order chi connectivity index (χ0) is 19.1. The molecule has 0 N–H and O–H groups in total. The molecule has 2 aromatic carbocycles.